The van der Waals surface area contributed by atoms with Crippen LogP contribution in [0.4, 0.5) is 11.4 Å². The number of carbonyl (C=O) groups is 1. The highest BCUT2D eigenvalue weighted by Crippen LogP contribution is 2.27. The molecule has 0 bridgehead atoms. The quantitative estimate of drug-likeness (QED) is 0.641. The minimum absolute atomic E-state index is 0.0302. The molecule has 0 aromatic heterocycles. The van der Waals surface area contributed by atoms with Crippen LogP contribution in [0.15, 0.2) is 16.6 Å². The molecule has 1 aromatic carbocycles. The van der Waals surface area contributed by atoms with Crippen LogP contribution in [0, 0.1) is 6.92 Å². The fraction of sp³-hybridized carbons (Fsp3) is 0.462. The first-order valence-corrected chi connectivity index (χ1v) is 6.69. The van der Waals surface area contributed by atoms with Gasteiger partial charge in [-0.2, -0.15) is 0 Å². The van der Waals surface area contributed by atoms with E-state index in [4.69, 9.17) is 5.73 Å². The zero-order chi connectivity index (χ0) is 12.8. The highest BCUT2D eigenvalue weighted by molar-refractivity contribution is 9.10. The first-order valence-electron chi connectivity index (χ1n) is 5.90. The van der Waals surface area contributed by atoms with Crippen molar-refractivity contribution in [2.75, 3.05) is 11.1 Å². The van der Waals surface area contributed by atoms with Crippen molar-refractivity contribution in [2.45, 2.75) is 39.5 Å². The van der Waals surface area contributed by atoms with E-state index in [9.17, 15) is 4.79 Å². The van der Waals surface area contributed by atoms with Crippen LogP contribution in [0.25, 0.3) is 0 Å². The summed E-state index contributed by atoms with van der Waals surface area (Å²) in [4.78, 5) is 11.7. The van der Waals surface area contributed by atoms with Crippen LogP contribution in [-0.2, 0) is 4.79 Å². The molecular formula is C13H19BrN2O. The number of unbranched alkanes of at least 4 members (excludes halogenated alkanes) is 2. The highest BCUT2D eigenvalue weighted by atomic mass is 79.9. The van der Waals surface area contributed by atoms with Gasteiger partial charge in [-0.05, 0) is 31.0 Å². The topological polar surface area (TPSA) is 55.1 Å². The van der Waals surface area contributed by atoms with E-state index in [0.717, 1.165) is 29.3 Å². The number of aryl methyl sites for hydroxylation is 1. The normalized spacial score (nSPS) is 10.3. The first-order chi connectivity index (χ1) is 8.04. The van der Waals surface area contributed by atoms with Gasteiger partial charge in [-0.1, -0.05) is 35.7 Å². The minimum atomic E-state index is 0.0302. The van der Waals surface area contributed by atoms with Crippen LogP contribution >= 0.6 is 15.9 Å². The van der Waals surface area contributed by atoms with Gasteiger partial charge in [0.2, 0.25) is 5.91 Å². The van der Waals surface area contributed by atoms with Crippen LogP contribution < -0.4 is 11.1 Å². The molecule has 3 N–H and O–H groups in total. The highest BCUT2D eigenvalue weighted by Gasteiger charge is 2.07. The molecule has 0 aliphatic rings. The van der Waals surface area contributed by atoms with E-state index in [2.05, 4.69) is 28.2 Å². The lowest BCUT2D eigenvalue weighted by molar-refractivity contribution is -0.116. The fourth-order valence-corrected chi connectivity index (χ4v) is 2.18. The third-order valence-electron chi connectivity index (χ3n) is 2.63. The molecule has 17 heavy (non-hydrogen) atoms. The summed E-state index contributed by atoms with van der Waals surface area (Å²) < 4.78 is 0.924. The van der Waals surface area contributed by atoms with Gasteiger partial charge in [0.05, 0.1) is 11.4 Å². The Kier molecular flexibility index (Phi) is 5.48. The number of halogens is 1. The third kappa shape index (κ3) is 4.38. The summed E-state index contributed by atoms with van der Waals surface area (Å²) in [6.45, 7) is 4.04. The third-order valence-corrected chi connectivity index (χ3v) is 3.09. The van der Waals surface area contributed by atoms with Crippen molar-refractivity contribution in [2.24, 2.45) is 0 Å². The van der Waals surface area contributed by atoms with Crippen molar-refractivity contribution in [3.63, 3.8) is 0 Å². The molecule has 3 nitrogen and oxygen atoms in total. The van der Waals surface area contributed by atoms with Crippen molar-refractivity contribution < 1.29 is 4.79 Å². The summed E-state index contributed by atoms with van der Waals surface area (Å²) in [7, 11) is 0. The predicted molar refractivity (Wildman–Crippen MR) is 76.1 cm³/mol. The summed E-state index contributed by atoms with van der Waals surface area (Å²) in [5.74, 6) is 0.0302. The Labute approximate surface area is 111 Å². The van der Waals surface area contributed by atoms with E-state index < -0.39 is 0 Å². The number of hydrogen-bond acceptors (Lipinski definition) is 2. The maximum atomic E-state index is 11.7. The summed E-state index contributed by atoms with van der Waals surface area (Å²) >= 11 is 3.39. The van der Waals surface area contributed by atoms with Crippen LogP contribution in [0.2, 0.25) is 0 Å². The van der Waals surface area contributed by atoms with Crippen LogP contribution in [0.5, 0.6) is 0 Å². The van der Waals surface area contributed by atoms with Crippen molar-refractivity contribution >= 4 is 33.2 Å². The average molecular weight is 299 g/mol. The van der Waals surface area contributed by atoms with Crippen LogP contribution in [0.3, 0.4) is 0 Å². The van der Waals surface area contributed by atoms with Crippen LogP contribution in [0.1, 0.15) is 38.2 Å². The van der Waals surface area contributed by atoms with Gasteiger partial charge in [0.1, 0.15) is 0 Å². The van der Waals surface area contributed by atoms with E-state index >= 15 is 0 Å². The monoisotopic (exact) mass is 298 g/mol. The predicted octanol–water partition coefficient (Wildman–Crippen LogP) is 3.86. The van der Waals surface area contributed by atoms with Gasteiger partial charge < -0.3 is 11.1 Å². The number of nitrogen functional groups attached to an aromatic ring is 1. The van der Waals surface area contributed by atoms with Gasteiger partial charge >= 0.3 is 0 Å². The smallest absolute Gasteiger partial charge is 0.224 e. The molecule has 0 fully saturated rings. The lowest BCUT2D eigenvalue weighted by Crippen LogP contribution is -2.13. The molecule has 0 heterocycles. The molecule has 1 amide bonds. The van der Waals surface area contributed by atoms with E-state index in [1.807, 2.05) is 19.1 Å². The van der Waals surface area contributed by atoms with Crippen molar-refractivity contribution in [1.82, 2.24) is 0 Å². The number of benzene rings is 1. The molecule has 0 saturated carbocycles. The second-order valence-electron chi connectivity index (χ2n) is 4.19. The van der Waals surface area contributed by atoms with Gasteiger partial charge in [0, 0.05) is 10.9 Å². The molecule has 0 aliphatic heterocycles. The average Bonchev–Trinajstić information content (AvgIpc) is 2.25. The summed E-state index contributed by atoms with van der Waals surface area (Å²) in [6, 6.07) is 3.77. The largest absolute Gasteiger partial charge is 0.397 e. The Morgan fingerprint density at radius 1 is 1.41 bits per heavy atom. The zero-order valence-corrected chi connectivity index (χ0v) is 11.9. The molecule has 1 rings (SSSR count). The molecular weight excluding hydrogens is 280 g/mol. The second-order valence-corrected chi connectivity index (χ2v) is 5.10. The van der Waals surface area contributed by atoms with Crippen molar-refractivity contribution in [1.29, 1.82) is 0 Å². The number of rotatable bonds is 5. The molecule has 1 aromatic rings. The molecule has 0 aliphatic carbocycles. The summed E-state index contributed by atoms with van der Waals surface area (Å²) in [5, 5.41) is 2.86. The van der Waals surface area contributed by atoms with Gasteiger partial charge in [0.25, 0.3) is 0 Å². The summed E-state index contributed by atoms with van der Waals surface area (Å²) in [5.41, 5.74) is 8.21. The Bertz CT molecular complexity index is 405. The molecule has 4 heteroatoms. The minimum Gasteiger partial charge on any atom is -0.397 e. The van der Waals surface area contributed by atoms with E-state index in [1.165, 1.54) is 0 Å². The second kappa shape index (κ2) is 6.64. The Hall–Kier alpha value is -1.03. The van der Waals surface area contributed by atoms with Crippen LogP contribution in [-0.4, -0.2) is 5.91 Å². The lowest BCUT2D eigenvalue weighted by Gasteiger charge is -2.11. The Morgan fingerprint density at radius 3 is 2.76 bits per heavy atom. The van der Waals surface area contributed by atoms with E-state index in [-0.39, 0.29) is 5.91 Å². The van der Waals surface area contributed by atoms with Gasteiger partial charge in [-0.15, -0.1) is 0 Å². The van der Waals surface area contributed by atoms with Crippen molar-refractivity contribution in [3.8, 4) is 0 Å². The SMILES string of the molecule is CCCCCC(=O)Nc1cc(Br)cc(C)c1N. The molecule has 0 atom stereocenters. The maximum Gasteiger partial charge on any atom is 0.224 e. The van der Waals surface area contributed by atoms with Gasteiger partial charge in [0.15, 0.2) is 0 Å². The number of amides is 1. The van der Waals surface area contributed by atoms with E-state index in [1.54, 1.807) is 0 Å². The van der Waals surface area contributed by atoms with Crippen molar-refractivity contribution in [3.05, 3.63) is 22.2 Å². The molecule has 0 saturated heterocycles. The number of nitrogens with two attached hydrogens (primary N) is 1. The lowest BCUT2D eigenvalue weighted by atomic mass is 10.1. The number of carbonyl (C=O) groups excluding carboxylic acids is 1. The number of hydrogen-bond donors (Lipinski definition) is 2. The first kappa shape index (κ1) is 14.0. The number of nitrogens with one attached hydrogen (secondary N) is 1. The fourth-order valence-electron chi connectivity index (χ4n) is 1.61. The van der Waals surface area contributed by atoms with Gasteiger partial charge in [-0.25, -0.2) is 0 Å². The van der Waals surface area contributed by atoms with E-state index in [0.29, 0.717) is 17.8 Å². The molecule has 94 valence electrons. The summed E-state index contributed by atoms with van der Waals surface area (Å²) in [6.07, 6.45) is 3.68. The van der Waals surface area contributed by atoms with Gasteiger partial charge in [-0.3, -0.25) is 4.79 Å². The molecule has 0 unspecified atom stereocenters. The number of anilines is 2. The zero-order valence-electron chi connectivity index (χ0n) is 10.3. The Balaban J connectivity index is 2.65. The standard InChI is InChI=1S/C13H19BrN2O/c1-3-4-5-6-12(17)16-11-8-10(14)7-9(2)13(11)15/h7-8H,3-6,15H2,1-2H3,(H,16,17). The molecule has 0 radical (unpaired) electrons. The molecule has 0 spiro atoms. The maximum absolute atomic E-state index is 11.7. The Morgan fingerprint density at radius 2 is 2.12 bits per heavy atom.